The van der Waals surface area contributed by atoms with Gasteiger partial charge in [-0.05, 0) is 56.2 Å². The first kappa shape index (κ1) is 26.5. The molecule has 9 nitrogen and oxygen atoms in total. The summed E-state index contributed by atoms with van der Waals surface area (Å²) in [6.45, 7) is 0.0822. The van der Waals surface area contributed by atoms with Gasteiger partial charge in [0.1, 0.15) is 0 Å². The average molecular weight is 518 g/mol. The molecule has 0 aliphatic heterocycles. The Hall–Kier alpha value is -3.53. The van der Waals surface area contributed by atoms with E-state index in [1.54, 1.807) is 4.68 Å². The van der Waals surface area contributed by atoms with Gasteiger partial charge in [-0.2, -0.15) is 18.3 Å². The van der Waals surface area contributed by atoms with Crippen molar-refractivity contribution in [3.63, 3.8) is 0 Å². The van der Waals surface area contributed by atoms with Crippen LogP contribution in [0.25, 0.3) is 21.7 Å². The van der Waals surface area contributed by atoms with E-state index in [0.29, 0.717) is 0 Å². The first-order chi connectivity index (χ1) is 17.8. The first-order valence-electron chi connectivity index (χ1n) is 12.6. The molecule has 4 rings (SSSR count). The van der Waals surface area contributed by atoms with Crippen LogP contribution >= 0.6 is 0 Å². The molecule has 1 atom stereocenters. The maximum Gasteiger partial charge on any atom is 0.417 e. The highest BCUT2D eigenvalue weighted by atomic mass is 19.4. The van der Waals surface area contributed by atoms with Crippen LogP contribution in [0.15, 0.2) is 35.4 Å². The van der Waals surface area contributed by atoms with Crippen LogP contribution < -0.4 is 10.6 Å². The number of nitrogens with zero attached hydrogens (tertiary/aromatic N) is 5. The second-order valence-corrected chi connectivity index (χ2v) is 9.65. The largest absolute Gasteiger partial charge is 0.417 e. The van der Waals surface area contributed by atoms with Crippen LogP contribution in [0, 0.1) is 0 Å². The third-order valence-electron chi connectivity index (χ3n) is 7.03. The van der Waals surface area contributed by atoms with Gasteiger partial charge in [0.25, 0.3) is 5.91 Å². The monoisotopic (exact) mass is 517 g/mol. The zero-order chi connectivity index (χ0) is 26.4. The van der Waals surface area contributed by atoms with Crippen molar-refractivity contribution >= 4 is 11.8 Å². The van der Waals surface area contributed by atoms with Crippen LogP contribution in [0.4, 0.5) is 13.2 Å². The molecule has 0 saturated heterocycles. The van der Waals surface area contributed by atoms with Gasteiger partial charge in [0.15, 0.2) is 5.69 Å². The predicted octanol–water partition coefficient (Wildman–Crippen LogP) is 5.54. The van der Waals surface area contributed by atoms with Gasteiger partial charge in [-0.1, -0.05) is 36.2 Å². The Bertz CT molecular complexity index is 1160. The van der Waals surface area contributed by atoms with Crippen molar-refractivity contribution < 1.29 is 22.8 Å². The summed E-state index contributed by atoms with van der Waals surface area (Å²) >= 11 is 0. The van der Waals surface area contributed by atoms with Crippen molar-refractivity contribution in [2.24, 2.45) is 5.11 Å². The minimum absolute atomic E-state index is 0.00368. The van der Waals surface area contributed by atoms with E-state index in [2.05, 4.69) is 25.8 Å². The number of benzene rings is 1. The van der Waals surface area contributed by atoms with Crippen molar-refractivity contribution in [2.75, 3.05) is 6.54 Å². The van der Waals surface area contributed by atoms with Crippen molar-refractivity contribution in [1.82, 2.24) is 20.4 Å². The van der Waals surface area contributed by atoms with Crippen LogP contribution in [0.2, 0.25) is 0 Å². The molecule has 1 heterocycles. The molecular weight excluding hydrogens is 487 g/mol. The fourth-order valence-corrected chi connectivity index (χ4v) is 4.89. The highest BCUT2D eigenvalue weighted by Gasteiger charge is 2.35. The van der Waals surface area contributed by atoms with Gasteiger partial charge in [-0.25, -0.2) is 0 Å². The fourth-order valence-electron chi connectivity index (χ4n) is 4.89. The Morgan fingerprint density at radius 3 is 2.54 bits per heavy atom. The molecule has 1 aromatic carbocycles. The molecule has 37 heavy (non-hydrogen) atoms. The van der Waals surface area contributed by atoms with Gasteiger partial charge in [0, 0.05) is 35.5 Å². The molecule has 0 spiro atoms. The Labute approximate surface area is 212 Å². The zero-order valence-corrected chi connectivity index (χ0v) is 20.4. The lowest BCUT2D eigenvalue weighted by atomic mass is 9.93. The number of aromatic nitrogens is 2. The molecule has 2 aromatic rings. The smallest absolute Gasteiger partial charge is 0.353 e. The minimum Gasteiger partial charge on any atom is -0.353 e. The minimum atomic E-state index is -4.57. The van der Waals surface area contributed by atoms with E-state index in [9.17, 15) is 22.8 Å². The van der Waals surface area contributed by atoms with E-state index in [1.807, 2.05) is 0 Å². The molecule has 2 aliphatic carbocycles. The number of alkyl halides is 3. The third kappa shape index (κ3) is 6.62. The van der Waals surface area contributed by atoms with E-state index < -0.39 is 23.7 Å². The maximum absolute atomic E-state index is 13.8. The molecule has 2 N–H and O–H groups in total. The average Bonchev–Trinajstić information content (AvgIpc) is 3.51. The summed E-state index contributed by atoms with van der Waals surface area (Å²) < 4.78 is 42.9. The Kier molecular flexibility index (Phi) is 8.38. The summed E-state index contributed by atoms with van der Waals surface area (Å²) in [6.07, 6.45) is 1.96. The number of rotatable bonds is 10. The molecule has 2 aliphatic rings. The standard InChI is InChI=1S/C25H30F3N7O2/c26-25(27,28)20-11-4-3-10-19(20)22-15-21(33-35(22)18-8-1-2-9-18)24(37)32-17(12-13-30-34-29)14-23(36)31-16-6-5-7-16/h3-4,10-11,15-18H,1-2,5-9,12-14H2,(H,31,36)(H,32,37). The van der Waals surface area contributed by atoms with Gasteiger partial charge >= 0.3 is 6.18 Å². The molecule has 1 aromatic heterocycles. The topological polar surface area (TPSA) is 125 Å². The van der Waals surface area contributed by atoms with E-state index in [-0.39, 0.29) is 54.3 Å². The molecule has 2 saturated carbocycles. The van der Waals surface area contributed by atoms with E-state index in [4.69, 9.17) is 5.53 Å². The molecule has 198 valence electrons. The molecule has 12 heteroatoms. The summed E-state index contributed by atoms with van der Waals surface area (Å²) in [5.74, 6) is -0.808. The number of nitrogens with one attached hydrogen (secondary N) is 2. The summed E-state index contributed by atoms with van der Waals surface area (Å²) in [4.78, 5) is 28.4. The maximum atomic E-state index is 13.8. The van der Waals surface area contributed by atoms with Gasteiger partial charge in [-0.3, -0.25) is 14.3 Å². The molecule has 0 bridgehead atoms. The quantitative estimate of drug-likeness (QED) is 0.244. The molecular formula is C25H30F3N7O2. The number of hydrogen-bond donors (Lipinski definition) is 2. The predicted molar refractivity (Wildman–Crippen MR) is 130 cm³/mol. The molecule has 2 fully saturated rings. The lowest BCUT2D eigenvalue weighted by Crippen LogP contribution is -2.44. The van der Waals surface area contributed by atoms with Crippen molar-refractivity contribution in [1.29, 1.82) is 0 Å². The highest BCUT2D eigenvalue weighted by Crippen LogP contribution is 2.40. The van der Waals surface area contributed by atoms with Crippen LogP contribution in [0.1, 0.15) is 79.9 Å². The molecule has 2 amide bonds. The van der Waals surface area contributed by atoms with Crippen LogP contribution in [-0.2, 0) is 11.0 Å². The SMILES string of the molecule is [N-]=[N+]=NCCC(CC(=O)NC1CCC1)NC(=O)c1cc(-c2ccccc2C(F)(F)F)n(C2CCCC2)n1. The van der Waals surface area contributed by atoms with Crippen LogP contribution in [0.5, 0.6) is 0 Å². The van der Waals surface area contributed by atoms with Crippen molar-refractivity contribution in [3.05, 3.63) is 52.0 Å². The van der Waals surface area contributed by atoms with Gasteiger partial charge < -0.3 is 10.6 Å². The Morgan fingerprint density at radius 1 is 1.16 bits per heavy atom. The number of hydrogen-bond acceptors (Lipinski definition) is 4. The third-order valence-corrected chi connectivity index (χ3v) is 7.03. The van der Waals surface area contributed by atoms with Crippen molar-refractivity contribution in [3.8, 4) is 11.3 Å². The van der Waals surface area contributed by atoms with Gasteiger partial charge in [0.2, 0.25) is 5.91 Å². The Morgan fingerprint density at radius 2 is 1.89 bits per heavy atom. The van der Waals surface area contributed by atoms with E-state index in [1.165, 1.54) is 24.3 Å². The summed E-state index contributed by atoms with van der Waals surface area (Å²) in [5, 5.41) is 13.6. The van der Waals surface area contributed by atoms with Gasteiger partial charge in [-0.15, -0.1) is 0 Å². The molecule has 1 unspecified atom stereocenters. The lowest BCUT2D eigenvalue weighted by molar-refractivity contribution is -0.137. The van der Waals surface area contributed by atoms with E-state index >= 15 is 0 Å². The normalized spacial score (nSPS) is 17.1. The summed E-state index contributed by atoms with van der Waals surface area (Å²) in [7, 11) is 0. The van der Waals surface area contributed by atoms with Crippen LogP contribution in [0.3, 0.4) is 0 Å². The van der Waals surface area contributed by atoms with Crippen LogP contribution in [-0.4, -0.2) is 40.2 Å². The number of amides is 2. The number of carbonyl (C=O) groups excluding carboxylic acids is 2. The number of carbonyl (C=O) groups is 2. The molecule has 0 radical (unpaired) electrons. The summed E-state index contributed by atoms with van der Waals surface area (Å²) in [6, 6.07) is 6.07. The zero-order valence-electron chi connectivity index (χ0n) is 20.4. The van der Waals surface area contributed by atoms with Gasteiger partial charge in [0.05, 0.1) is 17.3 Å². The fraction of sp³-hybridized carbons (Fsp3) is 0.560. The van der Waals surface area contributed by atoms with Crippen molar-refractivity contribution in [2.45, 2.75) is 82.1 Å². The second kappa shape index (κ2) is 11.7. The summed E-state index contributed by atoms with van der Waals surface area (Å²) in [5.41, 5.74) is 7.99. The number of azide groups is 1. The second-order valence-electron chi connectivity index (χ2n) is 9.65. The Balaban J connectivity index is 1.59. The number of halogens is 3. The van der Waals surface area contributed by atoms with E-state index in [0.717, 1.165) is 51.0 Å². The highest BCUT2D eigenvalue weighted by molar-refractivity contribution is 5.94. The first-order valence-corrected chi connectivity index (χ1v) is 12.6. The lowest BCUT2D eigenvalue weighted by Gasteiger charge is -2.27.